The Kier molecular flexibility index (Phi) is 5.68. The summed E-state index contributed by atoms with van der Waals surface area (Å²) in [5, 5.41) is 15.7. The minimum atomic E-state index is -3.77. The van der Waals surface area contributed by atoms with Crippen LogP contribution in [0, 0.1) is 10.1 Å². The third-order valence-electron chi connectivity index (χ3n) is 4.83. The lowest BCUT2D eigenvalue weighted by atomic mass is 10.2. The van der Waals surface area contributed by atoms with Gasteiger partial charge in [-0.25, -0.2) is 8.42 Å². The van der Waals surface area contributed by atoms with E-state index in [2.05, 4.69) is 5.10 Å². The zero-order valence-corrected chi connectivity index (χ0v) is 17.0. The van der Waals surface area contributed by atoms with Crippen LogP contribution in [0.15, 0.2) is 35.5 Å². The molecule has 11 heteroatoms. The first-order chi connectivity index (χ1) is 13.2. The quantitative estimate of drug-likeness (QED) is 0.516. The summed E-state index contributed by atoms with van der Waals surface area (Å²) in [5.74, 6) is 0. The maximum absolute atomic E-state index is 12.9. The molecule has 1 fully saturated rings. The van der Waals surface area contributed by atoms with Crippen molar-refractivity contribution in [3.63, 3.8) is 0 Å². The van der Waals surface area contributed by atoms with Gasteiger partial charge in [-0.15, -0.1) is 0 Å². The van der Waals surface area contributed by atoms with E-state index in [4.69, 9.17) is 0 Å². The molecule has 0 aliphatic carbocycles. The number of rotatable bonds is 6. The number of nitro groups is 1. The van der Waals surface area contributed by atoms with Crippen LogP contribution in [0.25, 0.3) is 0 Å². The van der Waals surface area contributed by atoms with Crippen molar-refractivity contribution in [3.8, 4) is 0 Å². The average Bonchev–Trinajstić information content (AvgIpc) is 3.06. The number of nitro benzene ring substituents is 1. The highest BCUT2D eigenvalue weighted by molar-refractivity contribution is 7.89. The van der Waals surface area contributed by atoms with Crippen LogP contribution in [0.1, 0.15) is 5.56 Å². The van der Waals surface area contributed by atoms with Crippen LogP contribution < -0.4 is 4.90 Å². The van der Waals surface area contributed by atoms with E-state index in [9.17, 15) is 18.5 Å². The first-order valence-electron chi connectivity index (χ1n) is 8.84. The number of hydrogen-bond acceptors (Lipinski definition) is 7. The second-order valence-electron chi connectivity index (χ2n) is 6.99. The summed E-state index contributed by atoms with van der Waals surface area (Å²) in [5.41, 5.74) is 1.02. The van der Waals surface area contributed by atoms with E-state index in [1.54, 1.807) is 29.9 Å². The van der Waals surface area contributed by atoms with Crippen molar-refractivity contribution in [3.05, 3.63) is 46.3 Å². The van der Waals surface area contributed by atoms with Gasteiger partial charge in [-0.3, -0.25) is 14.8 Å². The molecule has 2 heterocycles. The first-order valence-corrected chi connectivity index (χ1v) is 10.3. The number of anilines is 1. The van der Waals surface area contributed by atoms with Gasteiger partial charge in [-0.05, 0) is 19.2 Å². The van der Waals surface area contributed by atoms with Gasteiger partial charge in [0.15, 0.2) is 0 Å². The lowest BCUT2D eigenvalue weighted by Gasteiger charge is -2.31. The fourth-order valence-electron chi connectivity index (χ4n) is 3.22. The summed E-state index contributed by atoms with van der Waals surface area (Å²) in [7, 11) is 1.68. The van der Waals surface area contributed by atoms with E-state index in [0.717, 1.165) is 11.6 Å². The van der Waals surface area contributed by atoms with Gasteiger partial charge in [-0.2, -0.15) is 9.40 Å². The molecule has 28 heavy (non-hydrogen) atoms. The number of piperazine rings is 1. The van der Waals surface area contributed by atoms with Crippen LogP contribution in [0.3, 0.4) is 0 Å². The number of sulfonamides is 1. The number of aromatic nitrogens is 2. The van der Waals surface area contributed by atoms with Gasteiger partial charge in [-0.1, -0.05) is 0 Å². The monoisotopic (exact) mass is 408 g/mol. The van der Waals surface area contributed by atoms with Crippen molar-refractivity contribution >= 4 is 21.4 Å². The van der Waals surface area contributed by atoms with Crippen LogP contribution in [0.4, 0.5) is 11.4 Å². The van der Waals surface area contributed by atoms with Gasteiger partial charge in [0.05, 0.1) is 16.0 Å². The second-order valence-corrected chi connectivity index (χ2v) is 8.93. The maximum atomic E-state index is 12.9. The molecule has 2 aromatic rings. The molecular formula is C17H24N6O4S. The topological polar surface area (TPSA) is 105 Å². The van der Waals surface area contributed by atoms with E-state index >= 15 is 0 Å². The van der Waals surface area contributed by atoms with Crippen LogP contribution in [0.5, 0.6) is 0 Å². The molecule has 0 radical (unpaired) electrons. The zero-order chi connectivity index (χ0) is 20.5. The Balaban J connectivity index is 1.89. The minimum Gasteiger partial charge on any atom is -0.365 e. The Morgan fingerprint density at radius 2 is 1.89 bits per heavy atom. The molecule has 0 atom stereocenters. The van der Waals surface area contributed by atoms with Gasteiger partial charge in [0.1, 0.15) is 5.69 Å². The minimum absolute atomic E-state index is 0.0534. The van der Waals surface area contributed by atoms with Crippen LogP contribution in [-0.2, 0) is 23.6 Å². The van der Waals surface area contributed by atoms with Crippen LogP contribution in [-0.4, -0.2) is 72.6 Å². The predicted molar refractivity (Wildman–Crippen MR) is 105 cm³/mol. The molecular weight excluding hydrogens is 384 g/mol. The summed E-state index contributed by atoms with van der Waals surface area (Å²) in [4.78, 5) is 14.8. The Hall–Kier alpha value is -2.50. The molecule has 0 spiro atoms. The van der Waals surface area contributed by atoms with Crippen molar-refractivity contribution in [2.45, 2.75) is 11.4 Å². The summed E-state index contributed by atoms with van der Waals surface area (Å²) in [6, 6.07) is 4.09. The third-order valence-corrected chi connectivity index (χ3v) is 6.73. The number of hydrogen-bond donors (Lipinski definition) is 0. The molecule has 0 saturated carbocycles. The Morgan fingerprint density at radius 1 is 1.21 bits per heavy atom. The fraction of sp³-hybridized carbons (Fsp3) is 0.471. The normalized spacial score (nSPS) is 16.2. The van der Waals surface area contributed by atoms with Crippen molar-refractivity contribution in [2.24, 2.45) is 7.05 Å². The lowest BCUT2D eigenvalue weighted by Crippen LogP contribution is -2.47. The maximum Gasteiger partial charge on any atom is 0.293 e. The molecule has 1 saturated heterocycles. The summed E-state index contributed by atoms with van der Waals surface area (Å²) >= 11 is 0. The molecule has 1 aliphatic heterocycles. The van der Waals surface area contributed by atoms with Crippen LogP contribution in [0.2, 0.25) is 0 Å². The van der Waals surface area contributed by atoms with Gasteiger partial charge in [0.25, 0.3) is 5.69 Å². The molecule has 0 amide bonds. The van der Waals surface area contributed by atoms with Gasteiger partial charge in [0.2, 0.25) is 10.0 Å². The molecule has 1 aliphatic rings. The van der Waals surface area contributed by atoms with Crippen molar-refractivity contribution in [1.82, 2.24) is 19.0 Å². The number of aryl methyl sites for hydroxylation is 1. The van der Waals surface area contributed by atoms with E-state index < -0.39 is 14.9 Å². The Labute approximate surface area is 164 Å². The average molecular weight is 408 g/mol. The highest BCUT2D eigenvalue weighted by Crippen LogP contribution is 2.32. The second kappa shape index (κ2) is 7.86. The number of likely N-dealkylation sites (N-methyl/N-ethyl adjacent to an activating group) is 1. The standard InChI is InChI=1S/C17H24N6O4S/c1-19-6-8-22(9-7-19)28(26,27)15-4-5-16(17(10-15)23(24)25)20(2)12-14-11-18-21(3)13-14/h4-5,10-11,13H,6-9,12H2,1-3H3. The first kappa shape index (κ1) is 20.2. The zero-order valence-electron chi connectivity index (χ0n) is 16.1. The molecule has 0 N–H and O–H groups in total. The number of benzene rings is 1. The summed E-state index contributed by atoms with van der Waals surface area (Å²) in [6.45, 7) is 2.42. The smallest absolute Gasteiger partial charge is 0.293 e. The fourth-order valence-corrected chi connectivity index (χ4v) is 4.67. The van der Waals surface area contributed by atoms with E-state index in [0.29, 0.717) is 38.4 Å². The molecule has 0 unspecified atom stereocenters. The van der Waals surface area contributed by atoms with Gasteiger partial charge >= 0.3 is 0 Å². The Bertz CT molecular complexity index is 966. The summed E-state index contributed by atoms with van der Waals surface area (Å²) in [6.07, 6.45) is 3.52. The highest BCUT2D eigenvalue weighted by Gasteiger charge is 2.30. The van der Waals surface area contributed by atoms with E-state index in [1.807, 2.05) is 18.1 Å². The van der Waals surface area contributed by atoms with E-state index in [-0.39, 0.29) is 10.6 Å². The number of nitrogens with zero attached hydrogens (tertiary/aromatic N) is 6. The molecule has 1 aromatic carbocycles. The third kappa shape index (κ3) is 4.16. The van der Waals surface area contributed by atoms with Crippen molar-refractivity contribution < 1.29 is 13.3 Å². The van der Waals surface area contributed by atoms with Gasteiger partial charge < -0.3 is 9.80 Å². The van der Waals surface area contributed by atoms with E-state index in [1.165, 1.54) is 16.4 Å². The summed E-state index contributed by atoms with van der Waals surface area (Å²) < 4.78 is 28.8. The van der Waals surface area contributed by atoms with Gasteiger partial charge in [0, 0.05) is 64.6 Å². The SMILES string of the molecule is CN1CCN(S(=O)(=O)c2ccc(N(C)Cc3cnn(C)c3)c([N+](=O)[O-])c2)CC1. The largest absolute Gasteiger partial charge is 0.365 e. The molecule has 152 valence electrons. The predicted octanol–water partition coefficient (Wildman–Crippen LogP) is 0.901. The highest BCUT2D eigenvalue weighted by atomic mass is 32.2. The lowest BCUT2D eigenvalue weighted by molar-refractivity contribution is -0.384. The molecule has 10 nitrogen and oxygen atoms in total. The molecule has 0 bridgehead atoms. The van der Waals surface area contributed by atoms with Crippen LogP contribution >= 0.6 is 0 Å². The van der Waals surface area contributed by atoms with Crippen molar-refractivity contribution in [1.29, 1.82) is 0 Å². The molecule has 3 rings (SSSR count). The molecule has 1 aromatic heterocycles. The van der Waals surface area contributed by atoms with Crippen molar-refractivity contribution in [2.75, 3.05) is 45.2 Å². The Morgan fingerprint density at radius 3 is 2.46 bits per heavy atom.